The number of carbonyl (C=O) groups excluding carboxylic acids is 1. The molecule has 0 aliphatic heterocycles. The third-order valence-corrected chi connectivity index (χ3v) is 3.05. The molecule has 0 aliphatic rings. The van der Waals surface area contributed by atoms with Gasteiger partial charge in [-0.15, -0.1) is 0 Å². The predicted molar refractivity (Wildman–Crippen MR) is 82.5 cm³/mol. The first-order chi connectivity index (χ1) is 10.9. The fraction of sp³-hybridized carbons (Fsp3) is 0.0667. The second-order valence-corrected chi connectivity index (χ2v) is 4.64. The third kappa shape index (κ3) is 3.82. The van der Waals surface area contributed by atoms with E-state index in [9.17, 15) is 25.1 Å². The van der Waals surface area contributed by atoms with Gasteiger partial charge in [-0.1, -0.05) is 0 Å². The van der Waals surface area contributed by atoms with Gasteiger partial charge in [-0.05, 0) is 42.8 Å². The van der Waals surface area contributed by atoms with Crippen molar-refractivity contribution in [2.45, 2.75) is 6.92 Å². The van der Waals surface area contributed by atoms with Crippen LogP contribution in [0, 0.1) is 10.1 Å². The summed E-state index contributed by atoms with van der Waals surface area (Å²) in [4.78, 5) is 22.0. The maximum absolute atomic E-state index is 11.9. The van der Waals surface area contributed by atoms with Crippen molar-refractivity contribution in [2.24, 2.45) is 5.10 Å². The van der Waals surface area contributed by atoms with Crippen molar-refractivity contribution < 1.29 is 19.9 Å². The summed E-state index contributed by atoms with van der Waals surface area (Å²) >= 11 is 0. The van der Waals surface area contributed by atoms with Crippen LogP contribution in [0.5, 0.6) is 11.5 Å². The van der Waals surface area contributed by atoms with Crippen molar-refractivity contribution in [1.29, 1.82) is 0 Å². The lowest BCUT2D eigenvalue weighted by Gasteiger charge is -2.05. The molecule has 118 valence electrons. The first kappa shape index (κ1) is 16.0. The zero-order chi connectivity index (χ0) is 17.0. The minimum atomic E-state index is -0.695. The van der Waals surface area contributed by atoms with Crippen LogP contribution in [0.1, 0.15) is 22.8 Å². The second-order valence-electron chi connectivity index (χ2n) is 4.64. The van der Waals surface area contributed by atoms with E-state index in [-0.39, 0.29) is 22.7 Å². The van der Waals surface area contributed by atoms with E-state index in [4.69, 9.17) is 0 Å². The van der Waals surface area contributed by atoms with E-state index in [1.54, 1.807) is 6.92 Å². The number of non-ortho nitro benzene ring substituents is 1. The van der Waals surface area contributed by atoms with Crippen LogP contribution in [-0.2, 0) is 0 Å². The molecule has 1 amide bonds. The predicted octanol–water partition coefficient (Wildman–Crippen LogP) is 2.16. The van der Waals surface area contributed by atoms with Gasteiger partial charge >= 0.3 is 0 Å². The normalized spacial score (nSPS) is 11.1. The van der Waals surface area contributed by atoms with Crippen LogP contribution in [0.2, 0.25) is 0 Å². The summed E-state index contributed by atoms with van der Waals surface area (Å²) in [7, 11) is 0. The summed E-state index contributed by atoms with van der Waals surface area (Å²) in [5, 5.41) is 33.4. The number of rotatable bonds is 4. The lowest BCUT2D eigenvalue weighted by Crippen LogP contribution is -2.19. The van der Waals surface area contributed by atoms with Crippen molar-refractivity contribution in [2.75, 3.05) is 0 Å². The Morgan fingerprint density at radius 2 is 1.83 bits per heavy atom. The maximum atomic E-state index is 11.9. The number of phenols is 2. The molecule has 0 spiro atoms. The molecule has 0 unspecified atom stereocenters. The summed E-state index contributed by atoms with van der Waals surface area (Å²) in [5.74, 6) is -1.15. The van der Waals surface area contributed by atoms with Crippen molar-refractivity contribution >= 4 is 17.3 Å². The van der Waals surface area contributed by atoms with Gasteiger partial charge in [0.05, 0.1) is 16.2 Å². The number of carbonyl (C=O) groups is 1. The van der Waals surface area contributed by atoms with Gasteiger partial charge in [-0.25, -0.2) is 5.43 Å². The van der Waals surface area contributed by atoms with Gasteiger partial charge < -0.3 is 10.2 Å². The number of nitrogens with zero attached hydrogens (tertiary/aromatic N) is 2. The Hall–Kier alpha value is -3.42. The van der Waals surface area contributed by atoms with E-state index in [0.717, 1.165) is 6.07 Å². The molecule has 0 aliphatic carbocycles. The monoisotopic (exact) mass is 315 g/mol. The van der Waals surface area contributed by atoms with Crippen LogP contribution in [0.15, 0.2) is 47.6 Å². The zero-order valence-corrected chi connectivity index (χ0v) is 12.1. The van der Waals surface area contributed by atoms with Gasteiger partial charge in [0.25, 0.3) is 11.6 Å². The standard InChI is InChI=1S/C15H13N3O5/c1-9(10-2-4-11(5-3-10)18(22)23)16-17-15(21)13-8-12(19)6-7-14(13)20/h2-8,19-20H,1H3,(H,17,21)/b16-9-. The van der Waals surface area contributed by atoms with E-state index < -0.39 is 10.8 Å². The average molecular weight is 315 g/mol. The number of hydrazone groups is 1. The third-order valence-electron chi connectivity index (χ3n) is 3.05. The molecule has 0 aromatic heterocycles. The van der Waals surface area contributed by atoms with Crippen LogP contribution >= 0.6 is 0 Å². The molecule has 2 rings (SSSR count). The molecule has 2 aromatic rings. The SMILES string of the molecule is C/C(=N/NC(=O)c1cc(O)ccc1O)c1ccc([N+](=O)[O-])cc1. The van der Waals surface area contributed by atoms with E-state index in [2.05, 4.69) is 10.5 Å². The van der Waals surface area contributed by atoms with Gasteiger partial charge in [-0.2, -0.15) is 5.10 Å². The molecule has 8 heteroatoms. The Labute approximate surface area is 130 Å². The Kier molecular flexibility index (Phi) is 4.55. The lowest BCUT2D eigenvalue weighted by atomic mass is 10.1. The Morgan fingerprint density at radius 1 is 1.17 bits per heavy atom. The molecule has 23 heavy (non-hydrogen) atoms. The number of nitro groups is 1. The summed E-state index contributed by atoms with van der Waals surface area (Å²) in [6, 6.07) is 9.23. The van der Waals surface area contributed by atoms with E-state index in [1.165, 1.54) is 36.4 Å². The summed E-state index contributed by atoms with van der Waals surface area (Å²) in [6.07, 6.45) is 0. The van der Waals surface area contributed by atoms with Crippen molar-refractivity contribution in [3.05, 3.63) is 63.7 Å². The van der Waals surface area contributed by atoms with Gasteiger partial charge in [0.1, 0.15) is 11.5 Å². The molecule has 2 aromatic carbocycles. The summed E-state index contributed by atoms with van der Waals surface area (Å²) in [6.45, 7) is 1.61. The van der Waals surface area contributed by atoms with Crippen LogP contribution in [0.3, 0.4) is 0 Å². The minimum absolute atomic E-state index is 0.0460. The van der Waals surface area contributed by atoms with Crippen molar-refractivity contribution in [3.63, 3.8) is 0 Å². The van der Waals surface area contributed by atoms with E-state index in [1.807, 2.05) is 0 Å². The lowest BCUT2D eigenvalue weighted by molar-refractivity contribution is -0.384. The topological polar surface area (TPSA) is 125 Å². The van der Waals surface area contributed by atoms with Crippen LogP contribution in [-0.4, -0.2) is 26.8 Å². The number of nitrogens with one attached hydrogen (secondary N) is 1. The first-order valence-corrected chi connectivity index (χ1v) is 6.50. The van der Waals surface area contributed by atoms with E-state index in [0.29, 0.717) is 11.3 Å². The van der Waals surface area contributed by atoms with Crippen molar-refractivity contribution in [1.82, 2.24) is 5.43 Å². The molecular weight excluding hydrogens is 302 g/mol. The molecule has 0 saturated heterocycles. The number of nitro benzene ring substituents is 1. The first-order valence-electron chi connectivity index (χ1n) is 6.50. The number of hydrogen-bond acceptors (Lipinski definition) is 6. The molecule has 0 fully saturated rings. The largest absolute Gasteiger partial charge is 0.508 e. The Balaban J connectivity index is 2.13. The maximum Gasteiger partial charge on any atom is 0.275 e. The van der Waals surface area contributed by atoms with Gasteiger partial charge in [0.2, 0.25) is 0 Å². The minimum Gasteiger partial charge on any atom is -0.508 e. The van der Waals surface area contributed by atoms with Crippen LogP contribution < -0.4 is 5.43 Å². The highest BCUT2D eigenvalue weighted by atomic mass is 16.6. The number of benzene rings is 2. The molecule has 0 bridgehead atoms. The fourth-order valence-corrected chi connectivity index (χ4v) is 1.79. The molecule has 0 radical (unpaired) electrons. The fourth-order valence-electron chi connectivity index (χ4n) is 1.79. The van der Waals surface area contributed by atoms with E-state index >= 15 is 0 Å². The molecule has 0 heterocycles. The van der Waals surface area contributed by atoms with Gasteiger partial charge in [0.15, 0.2) is 0 Å². The smallest absolute Gasteiger partial charge is 0.275 e. The highest BCUT2D eigenvalue weighted by molar-refractivity contribution is 6.01. The summed E-state index contributed by atoms with van der Waals surface area (Å²) < 4.78 is 0. The van der Waals surface area contributed by atoms with Gasteiger partial charge in [-0.3, -0.25) is 14.9 Å². The molecule has 3 N–H and O–H groups in total. The molecule has 8 nitrogen and oxygen atoms in total. The number of hydrogen-bond donors (Lipinski definition) is 3. The van der Waals surface area contributed by atoms with Gasteiger partial charge in [0, 0.05) is 12.1 Å². The second kappa shape index (κ2) is 6.56. The molecular formula is C15H13N3O5. The Morgan fingerprint density at radius 3 is 2.43 bits per heavy atom. The highest BCUT2D eigenvalue weighted by Gasteiger charge is 2.12. The number of amides is 1. The molecule has 0 atom stereocenters. The Bertz CT molecular complexity index is 784. The zero-order valence-electron chi connectivity index (χ0n) is 12.1. The quantitative estimate of drug-likeness (QED) is 0.345. The molecule has 0 saturated carbocycles. The highest BCUT2D eigenvalue weighted by Crippen LogP contribution is 2.21. The van der Waals surface area contributed by atoms with Crippen LogP contribution in [0.4, 0.5) is 5.69 Å². The summed E-state index contributed by atoms with van der Waals surface area (Å²) in [5.41, 5.74) is 3.10. The average Bonchev–Trinajstić information content (AvgIpc) is 2.54. The number of phenolic OH excluding ortho intramolecular Hbond substituents is 2. The van der Waals surface area contributed by atoms with Crippen molar-refractivity contribution in [3.8, 4) is 11.5 Å². The van der Waals surface area contributed by atoms with Crippen LogP contribution in [0.25, 0.3) is 0 Å². The number of aromatic hydroxyl groups is 2.